The van der Waals surface area contributed by atoms with Crippen LogP contribution in [0.4, 0.5) is 0 Å². The standard InChI is InChI=1S/C13H21N3O/c1-3-6-14-13(11-5-4-7-17-10-11)12-8-15-16(2)9-12/h8-10,13-14H,3-7H2,1-2H3. The van der Waals surface area contributed by atoms with E-state index in [4.69, 9.17) is 4.74 Å². The largest absolute Gasteiger partial charge is 0.501 e. The molecule has 4 heteroatoms. The zero-order valence-electron chi connectivity index (χ0n) is 10.6. The van der Waals surface area contributed by atoms with Crippen LogP contribution in [0.25, 0.3) is 0 Å². The smallest absolute Gasteiger partial charge is 0.0876 e. The summed E-state index contributed by atoms with van der Waals surface area (Å²) in [5, 5.41) is 7.82. The van der Waals surface area contributed by atoms with Gasteiger partial charge < -0.3 is 10.1 Å². The number of ether oxygens (including phenoxy) is 1. The second-order valence-corrected chi connectivity index (χ2v) is 4.50. The zero-order chi connectivity index (χ0) is 12.1. The summed E-state index contributed by atoms with van der Waals surface area (Å²) < 4.78 is 7.29. The van der Waals surface area contributed by atoms with Crippen molar-refractivity contribution >= 4 is 0 Å². The topological polar surface area (TPSA) is 39.1 Å². The summed E-state index contributed by atoms with van der Waals surface area (Å²) in [7, 11) is 1.95. The Hall–Kier alpha value is -1.29. The van der Waals surface area contributed by atoms with Crippen molar-refractivity contribution in [2.24, 2.45) is 7.05 Å². The molecule has 2 heterocycles. The van der Waals surface area contributed by atoms with Gasteiger partial charge in [0, 0.05) is 18.8 Å². The van der Waals surface area contributed by atoms with Crippen molar-refractivity contribution in [3.63, 3.8) is 0 Å². The molecule has 94 valence electrons. The number of nitrogens with one attached hydrogen (secondary N) is 1. The molecule has 0 aromatic carbocycles. The average Bonchev–Trinajstić information content (AvgIpc) is 2.78. The van der Waals surface area contributed by atoms with Crippen molar-refractivity contribution in [2.45, 2.75) is 32.2 Å². The maximum absolute atomic E-state index is 5.44. The lowest BCUT2D eigenvalue weighted by Crippen LogP contribution is -2.25. The predicted molar refractivity (Wildman–Crippen MR) is 67.5 cm³/mol. The van der Waals surface area contributed by atoms with E-state index in [1.54, 1.807) is 0 Å². The van der Waals surface area contributed by atoms with Crippen LogP contribution in [0.2, 0.25) is 0 Å². The summed E-state index contributed by atoms with van der Waals surface area (Å²) in [6.45, 7) is 4.03. The van der Waals surface area contributed by atoms with Gasteiger partial charge in [-0.1, -0.05) is 6.92 Å². The molecule has 1 aliphatic heterocycles. The monoisotopic (exact) mass is 235 g/mol. The molecule has 1 aromatic rings. The fraction of sp³-hybridized carbons (Fsp3) is 0.615. The first-order valence-corrected chi connectivity index (χ1v) is 6.33. The third-order valence-electron chi connectivity index (χ3n) is 2.99. The van der Waals surface area contributed by atoms with Gasteiger partial charge in [0.25, 0.3) is 0 Å². The van der Waals surface area contributed by atoms with Crippen molar-refractivity contribution in [1.82, 2.24) is 15.1 Å². The van der Waals surface area contributed by atoms with E-state index in [-0.39, 0.29) is 6.04 Å². The summed E-state index contributed by atoms with van der Waals surface area (Å²) in [4.78, 5) is 0. The summed E-state index contributed by atoms with van der Waals surface area (Å²) in [5.41, 5.74) is 2.55. The Bertz CT molecular complexity index is 384. The molecule has 1 atom stereocenters. The van der Waals surface area contributed by atoms with E-state index >= 15 is 0 Å². The molecular formula is C13H21N3O. The van der Waals surface area contributed by atoms with E-state index in [0.29, 0.717) is 0 Å². The van der Waals surface area contributed by atoms with Gasteiger partial charge in [0.05, 0.1) is 25.1 Å². The highest BCUT2D eigenvalue weighted by Crippen LogP contribution is 2.27. The molecule has 0 amide bonds. The molecule has 17 heavy (non-hydrogen) atoms. The maximum Gasteiger partial charge on any atom is 0.0876 e. The highest BCUT2D eigenvalue weighted by Gasteiger charge is 2.19. The molecule has 0 bridgehead atoms. The Labute approximate surface area is 103 Å². The average molecular weight is 235 g/mol. The molecule has 4 nitrogen and oxygen atoms in total. The number of hydrogen-bond donors (Lipinski definition) is 1. The quantitative estimate of drug-likeness (QED) is 0.850. The first-order chi connectivity index (χ1) is 8.31. The van der Waals surface area contributed by atoms with E-state index in [1.165, 1.54) is 11.1 Å². The molecule has 0 fully saturated rings. The van der Waals surface area contributed by atoms with Crippen molar-refractivity contribution in [2.75, 3.05) is 13.2 Å². The third-order valence-corrected chi connectivity index (χ3v) is 2.99. The molecule has 1 unspecified atom stereocenters. The second-order valence-electron chi connectivity index (χ2n) is 4.50. The minimum absolute atomic E-state index is 0.254. The van der Waals surface area contributed by atoms with Gasteiger partial charge in [0.15, 0.2) is 0 Å². The maximum atomic E-state index is 5.44. The van der Waals surface area contributed by atoms with Crippen molar-refractivity contribution in [3.05, 3.63) is 29.8 Å². The SMILES string of the molecule is CCCNC(C1=COCCC1)c1cnn(C)c1. The van der Waals surface area contributed by atoms with Crippen LogP contribution in [0.3, 0.4) is 0 Å². The van der Waals surface area contributed by atoms with E-state index < -0.39 is 0 Å². The highest BCUT2D eigenvalue weighted by atomic mass is 16.5. The molecule has 0 radical (unpaired) electrons. The Morgan fingerprint density at radius 2 is 2.47 bits per heavy atom. The zero-order valence-corrected chi connectivity index (χ0v) is 10.6. The van der Waals surface area contributed by atoms with Crippen LogP contribution in [0.1, 0.15) is 37.8 Å². The summed E-state index contributed by atoms with van der Waals surface area (Å²) in [5.74, 6) is 0. The van der Waals surface area contributed by atoms with Crippen molar-refractivity contribution in [3.8, 4) is 0 Å². The van der Waals surface area contributed by atoms with E-state index in [1.807, 2.05) is 24.2 Å². The number of aromatic nitrogens is 2. The third kappa shape index (κ3) is 3.09. The van der Waals surface area contributed by atoms with Crippen LogP contribution in [-0.2, 0) is 11.8 Å². The van der Waals surface area contributed by atoms with Crippen LogP contribution in [0, 0.1) is 0 Å². The second kappa shape index (κ2) is 5.87. The van der Waals surface area contributed by atoms with Crippen molar-refractivity contribution in [1.29, 1.82) is 0 Å². The highest BCUT2D eigenvalue weighted by molar-refractivity contribution is 5.24. The molecule has 0 saturated heterocycles. The first-order valence-electron chi connectivity index (χ1n) is 6.33. The Balaban J connectivity index is 2.15. The molecule has 0 spiro atoms. The van der Waals surface area contributed by atoms with Gasteiger partial charge in [-0.2, -0.15) is 5.10 Å². The summed E-state index contributed by atoms with van der Waals surface area (Å²) in [6.07, 6.45) is 9.27. The molecule has 2 rings (SSSR count). The van der Waals surface area contributed by atoms with Crippen LogP contribution >= 0.6 is 0 Å². The Morgan fingerprint density at radius 3 is 3.06 bits per heavy atom. The van der Waals surface area contributed by atoms with Gasteiger partial charge in [-0.15, -0.1) is 0 Å². The fourth-order valence-electron chi connectivity index (χ4n) is 2.14. The van der Waals surface area contributed by atoms with E-state index in [9.17, 15) is 0 Å². The van der Waals surface area contributed by atoms with Gasteiger partial charge in [-0.3, -0.25) is 4.68 Å². The van der Waals surface area contributed by atoms with E-state index in [2.05, 4.69) is 23.5 Å². The van der Waals surface area contributed by atoms with Crippen LogP contribution in [0.5, 0.6) is 0 Å². The lowest BCUT2D eigenvalue weighted by Gasteiger charge is -2.23. The minimum Gasteiger partial charge on any atom is -0.501 e. The van der Waals surface area contributed by atoms with Crippen LogP contribution in [0.15, 0.2) is 24.2 Å². The summed E-state index contributed by atoms with van der Waals surface area (Å²) >= 11 is 0. The van der Waals surface area contributed by atoms with Gasteiger partial charge in [0.2, 0.25) is 0 Å². The predicted octanol–water partition coefficient (Wildman–Crippen LogP) is 2.16. The molecule has 1 aliphatic rings. The first kappa shape index (κ1) is 12.2. The van der Waals surface area contributed by atoms with Crippen LogP contribution < -0.4 is 5.32 Å². The van der Waals surface area contributed by atoms with E-state index in [0.717, 1.165) is 32.4 Å². The molecule has 0 aliphatic carbocycles. The summed E-state index contributed by atoms with van der Waals surface area (Å²) in [6, 6.07) is 0.254. The number of nitrogens with zero attached hydrogens (tertiary/aromatic N) is 2. The number of rotatable bonds is 5. The fourth-order valence-corrected chi connectivity index (χ4v) is 2.14. The lowest BCUT2D eigenvalue weighted by molar-refractivity contribution is 0.219. The molecule has 1 N–H and O–H groups in total. The lowest BCUT2D eigenvalue weighted by atomic mass is 9.97. The Kier molecular flexibility index (Phi) is 4.20. The number of aryl methyl sites for hydroxylation is 1. The molecule has 0 saturated carbocycles. The van der Waals surface area contributed by atoms with Gasteiger partial charge in [-0.25, -0.2) is 0 Å². The van der Waals surface area contributed by atoms with Crippen LogP contribution in [-0.4, -0.2) is 22.9 Å². The molecular weight excluding hydrogens is 214 g/mol. The normalized spacial score (nSPS) is 17.4. The van der Waals surface area contributed by atoms with Gasteiger partial charge in [-0.05, 0) is 31.4 Å². The number of hydrogen-bond acceptors (Lipinski definition) is 3. The Morgan fingerprint density at radius 1 is 1.59 bits per heavy atom. The van der Waals surface area contributed by atoms with Gasteiger partial charge >= 0.3 is 0 Å². The molecule has 1 aromatic heterocycles. The van der Waals surface area contributed by atoms with Gasteiger partial charge in [0.1, 0.15) is 0 Å². The minimum atomic E-state index is 0.254. The van der Waals surface area contributed by atoms with Crippen molar-refractivity contribution < 1.29 is 4.74 Å².